The van der Waals surface area contributed by atoms with E-state index in [0.717, 1.165) is 62.7 Å². The van der Waals surface area contributed by atoms with Gasteiger partial charge >= 0.3 is 5.97 Å². The monoisotopic (exact) mass is 605 g/mol. The maximum absolute atomic E-state index is 13.3. The van der Waals surface area contributed by atoms with Gasteiger partial charge in [0.2, 0.25) is 5.79 Å². The predicted molar refractivity (Wildman–Crippen MR) is 164 cm³/mol. The number of cyclic esters (lactones) is 1. The molecule has 6 unspecified atom stereocenters. The Kier molecular flexibility index (Phi) is 10.4. The number of carbonyl (C=O) groups is 2. The number of aliphatic hydroxyl groups excluding tert-OH is 1. The van der Waals surface area contributed by atoms with E-state index in [1.54, 1.807) is 25.2 Å². The summed E-state index contributed by atoms with van der Waals surface area (Å²) in [5, 5.41) is 25.9. The van der Waals surface area contributed by atoms with Crippen molar-refractivity contribution in [2.75, 3.05) is 33.2 Å². The maximum Gasteiger partial charge on any atom is 0.306 e. The van der Waals surface area contributed by atoms with E-state index in [1.165, 1.54) is 0 Å². The molecule has 0 bridgehead atoms. The van der Waals surface area contributed by atoms with Crippen molar-refractivity contribution in [3.63, 3.8) is 0 Å². The molecular weight excluding hydrogens is 554 g/mol. The van der Waals surface area contributed by atoms with Gasteiger partial charge in [-0.2, -0.15) is 0 Å². The zero-order valence-electron chi connectivity index (χ0n) is 26.5. The van der Waals surface area contributed by atoms with E-state index in [9.17, 15) is 19.8 Å². The third-order valence-corrected chi connectivity index (χ3v) is 10.4. The number of nitrogens with zero attached hydrogens (tertiary/aromatic N) is 3. The van der Waals surface area contributed by atoms with Gasteiger partial charge in [-0.25, -0.2) is 4.98 Å². The Morgan fingerprint density at radius 1 is 1.17 bits per heavy atom. The highest BCUT2D eigenvalue weighted by atomic mass is 32.1. The minimum absolute atomic E-state index is 0.0277. The molecule has 10 heteroatoms. The number of Topliss-reactive ketones (excluding diaryl/α,β-unsaturated/α-hetero) is 1. The van der Waals surface area contributed by atoms with E-state index in [-0.39, 0.29) is 18.1 Å². The summed E-state index contributed by atoms with van der Waals surface area (Å²) < 4.78 is 11.7. The maximum atomic E-state index is 13.3. The second-order valence-corrected chi connectivity index (χ2v) is 14.8. The van der Waals surface area contributed by atoms with E-state index >= 15 is 0 Å². The second kappa shape index (κ2) is 13.1. The van der Waals surface area contributed by atoms with Gasteiger partial charge in [-0.3, -0.25) is 14.5 Å². The minimum atomic E-state index is -1.83. The third kappa shape index (κ3) is 7.68. The van der Waals surface area contributed by atoms with Crippen LogP contribution in [-0.4, -0.2) is 93.6 Å². The first kappa shape index (κ1) is 33.2. The highest BCUT2D eigenvalue weighted by Gasteiger charge is 2.71. The number of hydrogen-bond acceptors (Lipinski definition) is 10. The Balaban J connectivity index is 1.54. The van der Waals surface area contributed by atoms with Gasteiger partial charge in [-0.1, -0.05) is 40.5 Å². The van der Waals surface area contributed by atoms with E-state index in [1.807, 2.05) is 32.2 Å². The van der Waals surface area contributed by atoms with Gasteiger partial charge < -0.3 is 24.6 Å². The fourth-order valence-electron chi connectivity index (χ4n) is 6.53. The molecule has 1 aromatic rings. The van der Waals surface area contributed by atoms with Crippen molar-refractivity contribution in [3.8, 4) is 0 Å². The van der Waals surface area contributed by atoms with E-state index in [4.69, 9.17) is 14.5 Å². The molecule has 6 atom stereocenters. The number of aliphatic hydroxyl groups is 2. The average Bonchev–Trinajstić information content (AvgIpc) is 3.23. The van der Waals surface area contributed by atoms with Crippen molar-refractivity contribution in [1.82, 2.24) is 14.8 Å². The van der Waals surface area contributed by atoms with Crippen molar-refractivity contribution in [1.29, 1.82) is 0 Å². The molecule has 42 heavy (non-hydrogen) atoms. The number of thiazole rings is 1. The standard InChI is InChI=1S/C32H51N3O6S/c1-21-9-8-11-31(6)32(39,41-31)29(38)27(40-26(36)10-12-30(4,5)28(37)23(3)17-21)22(2)18-24-20-42-25(33-24)19-35-15-13-34(7)14-16-35/h18,20-21,23,27,29,38-39H,8-17,19H2,1-7H3. The summed E-state index contributed by atoms with van der Waals surface area (Å²) in [4.78, 5) is 35.9. The van der Waals surface area contributed by atoms with Crippen LogP contribution in [0.15, 0.2) is 11.0 Å². The zero-order chi connectivity index (χ0) is 30.9. The Bertz CT molecular complexity index is 1150. The van der Waals surface area contributed by atoms with Crippen LogP contribution in [0.25, 0.3) is 6.08 Å². The van der Waals surface area contributed by atoms with Gasteiger partial charge in [0.05, 0.1) is 12.2 Å². The molecule has 3 saturated heterocycles. The molecular formula is C32H51N3O6S. The summed E-state index contributed by atoms with van der Waals surface area (Å²) in [5.74, 6) is -1.98. The molecule has 0 aromatic carbocycles. The summed E-state index contributed by atoms with van der Waals surface area (Å²) in [6.45, 7) is 16.3. The van der Waals surface area contributed by atoms with Gasteiger partial charge in [0, 0.05) is 49.3 Å². The first-order chi connectivity index (χ1) is 19.6. The van der Waals surface area contributed by atoms with Crippen LogP contribution in [0.3, 0.4) is 0 Å². The van der Waals surface area contributed by atoms with E-state index in [2.05, 4.69) is 23.8 Å². The highest BCUT2D eigenvalue weighted by Crippen LogP contribution is 2.53. The van der Waals surface area contributed by atoms with Gasteiger partial charge in [-0.05, 0) is 57.7 Å². The van der Waals surface area contributed by atoms with E-state index in [0.29, 0.717) is 24.3 Å². The lowest BCUT2D eigenvalue weighted by atomic mass is 9.75. The zero-order valence-corrected chi connectivity index (χ0v) is 27.3. The molecule has 0 saturated carbocycles. The van der Waals surface area contributed by atoms with Crippen LogP contribution >= 0.6 is 11.3 Å². The van der Waals surface area contributed by atoms with Crippen LogP contribution in [0.1, 0.15) is 90.8 Å². The number of ether oxygens (including phenoxy) is 2. The lowest BCUT2D eigenvalue weighted by Crippen LogP contribution is -2.47. The van der Waals surface area contributed by atoms with Crippen molar-refractivity contribution in [3.05, 3.63) is 21.7 Å². The van der Waals surface area contributed by atoms with Gasteiger partial charge in [-0.15, -0.1) is 11.3 Å². The van der Waals surface area contributed by atoms with Crippen molar-refractivity contribution in [2.45, 2.75) is 110 Å². The quantitative estimate of drug-likeness (QED) is 0.384. The molecule has 0 amide bonds. The number of piperazine rings is 1. The van der Waals surface area contributed by atoms with Gasteiger partial charge in [0.25, 0.3) is 0 Å². The number of epoxide rings is 1. The molecule has 1 aromatic heterocycles. The summed E-state index contributed by atoms with van der Waals surface area (Å²) in [5.41, 5.74) is -0.338. The number of hydrogen-bond donors (Lipinski definition) is 2. The van der Waals surface area contributed by atoms with Crippen molar-refractivity contribution < 1.29 is 29.3 Å². The molecule has 3 fully saturated rings. The van der Waals surface area contributed by atoms with Crippen molar-refractivity contribution in [2.24, 2.45) is 17.3 Å². The molecule has 3 aliphatic rings. The van der Waals surface area contributed by atoms with Gasteiger partial charge in [0.1, 0.15) is 16.4 Å². The number of likely N-dealkylation sites (N-methyl/N-ethyl adjacent to an activating group) is 1. The summed E-state index contributed by atoms with van der Waals surface area (Å²) >= 11 is 1.58. The number of rotatable bonds is 4. The lowest BCUT2D eigenvalue weighted by Gasteiger charge is -2.31. The van der Waals surface area contributed by atoms with Crippen LogP contribution in [-0.2, 0) is 25.6 Å². The molecule has 2 N–H and O–H groups in total. The Labute approximate surface area is 255 Å². The lowest BCUT2D eigenvalue weighted by molar-refractivity contribution is -0.165. The largest absolute Gasteiger partial charge is 0.455 e. The number of fused-ring (bicyclic) bond motifs is 1. The minimum Gasteiger partial charge on any atom is -0.455 e. The molecule has 0 aliphatic carbocycles. The Morgan fingerprint density at radius 2 is 1.86 bits per heavy atom. The average molecular weight is 606 g/mol. The number of carbonyl (C=O) groups excluding carboxylic acids is 2. The molecule has 9 nitrogen and oxygen atoms in total. The molecule has 3 aliphatic heterocycles. The highest BCUT2D eigenvalue weighted by molar-refractivity contribution is 7.09. The van der Waals surface area contributed by atoms with Crippen molar-refractivity contribution >= 4 is 29.2 Å². The Hall–Kier alpha value is -1.69. The first-order valence-corrected chi connectivity index (χ1v) is 16.4. The summed E-state index contributed by atoms with van der Waals surface area (Å²) in [6, 6.07) is 0. The van der Waals surface area contributed by atoms with E-state index < -0.39 is 35.0 Å². The smallest absolute Gasteiger partial charge is 0.306 e. The third-order valence-electron chi connectivity index (χ3n) is 9.57. The SMILES string of the molecule is CC(=Cc1csc(CN2CCN(C)CC2)n1)C1OC(=O)CCC(C)(C)C(=O)C(C)CC(C)CCCC2(C)OC2(O)C1O. The Morgan fingerprint density at radius 3 is 2.55 bits per heavy atom. The van der Waals surface area contributed by atoms with Gasteiger partial charge in [0.15, 0.2) is 12.2 Å². The molecule has 4 rings (SSSR count). The van der Waals surface area contributed by atoms with Crippen LogP contribution in [0, 0.1) is 17.3 Å². The normalized spacial score (nSPS) is 36.4. The molecule has 4 heterocycles. The molecule has 0 spiro atoms. The van der Waals surface area contributed by atoms with Crippen LogP contribution in [0.4, 0.5) is 0 Å². The van der Waals surface area contributed by atoms with Crippen LogP contribution in [0.2, 0.25) is 0 Å². The van der Waals surface area contributed by atoms with Crippen LogP contribution in [0.5, 0.6) is 0 Å². The molecule has 236 valence electrons. The summed E-state index contributed by atoms with van der Waals surface area (Å²) in [7, 11) is 2.13. The van der Waals surface area contributed by atoms with Crippen LogP contribution < -0.4 is 0 Å². The number of ketones is 1. The number of aromatic nitrogens is 1. The topological polar surface area (TPSA) is 116 Å². The summed E-state index contributed by atoms with van der Waals surface area (Å²) in [6.07, 6.45) is 2.56. The second-order valence-electron chi connectivity index (χ2n) is 13.9. The fraction of sp³-hybridized carbons (Fsp3) is 0.781. The fourth-order valence-corrected chi connectivity index (χ4v) is 7.32. The predicted octanol–water partition coefficient (Wildman–Crippen LogP) is 4.27. The number of esters is 1. The molecule has 0 radical (unpaired) electrons. The first-order valence-electron chi connectivity index (χ1n) is 15.5.